The third-order valence-electron chi connectivity index (χ3n) is 1.76. The summed E-state index contributed by atoms with van der Waals surface area (Å²) in [6.07, 6.45) is 3.24. The minimum Gasteiger partial charge on any atom is -0.378 e. The highest BCUT2D eigenvalue weighted by Gasteiger charge is 2.35. The Labute approximate surface area is 51.0 Å². The predicted molar refractivity (Wildman–Crippen MR) is 33.8 cm³/mol. The summed E-state index contributed by atoms with van der Waals surface area (Å²) in [5.41, 5.74) is 0. The van der Waals surface area contributed by atoms with Gasteiger partial charge in [-0.25, -0.2) is 0 Å². The summed E-state index contributed by atoms with van der Waals surface area (Å²) in [4.78, 5) is 0. The van der Waals surface area contributed by atoms with Gasteiger partial charge in [-0.1, -0.05) is 13.3 Å². The first-order chi connectivity index (χ1) is 3.88. The van der Waals surface area contributed by atoms with Gasteiger partial charge in [0.2, 0.25) is 0 Å². The van der Waals surface area contributed by atoms with Crippen LogP contribution in [0.1, 0.15) is 26.7 Å². The van der Waals surface area contributed by atoms with Gasteiger partial charge in [-0.2, -0.15) is 0 Å². The van der Waals surface area contributed by atoms with Crippen molar-refractivity contribution in [1.29, 1.82) is 0 Å². The van der Waals surface area contributed by atoms with Crippen LogP contribution in [0, 0.1) is 5.92 Å². The van der Waals surface area contributed by atoms with Crippen molar-refractivity contribution in [3.8, 4) is 0 Å². The third kappa shape index (κ3) is 1.22. The van der Waals surface area contributed by atoms with Crippen LogP contribution < -0.4 is 0 Å². The molecule has 0 aliphatic heterocycles. The zero-order valence-corrected chi connectivity index (χ0v) is 5.68. The van der Waals surface area contributed by atoms with Crippen molar-refractivity contribution in [2.24, 2.45) is 5.92 Å². The van der Waals surface area contributed by atoms with Crippen molar-refractivity contribution in [3.63, 3.8) is 0 Å². The summed E-state index contributed by atoms with van der Waals surface area (Å²) >= 11 is 0. The summed E-state index contributed by atoms with van der Waals surface area (Å²) in [6, 6.07) is 0. The molecule has 0 heterocycles. The van der Waals surface area contributed by atoms with Crippen molar-refractivity contribution in [3.05, 3.63) is 0 Å². The van der Waals surface area contributed by atoms with Crippen molar-refractivity contribution in [2.75, 3.05) is 6.61 Å². The van der Waals surface area contributed by atoms with Gasteiger partial charge < -0.3 is 4.74 Å². The second-order valence-electron chi connectivity index (χ2n) is 2.40. The molecule has 1 aliphatic rings. The van der Waals surface area contributed by atoms with Gasteiger partial charge in [-0.05, 0) is 19.3 Å². The van der Waals surface area contributed by atoms with E-state index in [0.717, 1.165) is 12.5 Å². The fourth-order valence-electron chi connectivity index (χ4n) is 1.07. The standard InChI is InChI=1S/C7H14O/c1-3-6-5-7(6)8-4-2/h6-7H,3-5H2,1-2H3. The molecule has 0 aromatic carbocycles. The van der Waals surface area contributed by atoms with E-state index in [2.05, 4.69) is 13.8 Å². The molecule has 0 aromatic rings. The number of rotatable bonds is 3. The molecule has 1 heteroatoms. The quantitative estimate of drug-likeness (QED) is 0.543. The van der Waals surface area contributed by atoms with Gasteiger partial charge in [0.15, 0.2) is 0 Å². The van der Waals surface area contributed by atoms with E-state index in [9.17, 15) is 0 Å². The van der Waals surface area contributed by atoms with Gasteiger partial charge in [0.05, 0.1) is 6.10 Å². The van der Waals surface area contributed by atoms with Crippen LogP contribution in [0.15, 0.2) is 0 Å². The van der Waals surface area contributed by atoms with E-state index in [1.165, 1.54) is 12.8 Å². The maximum atomic E-state index is 5.36. The molecule has 0 N–H and O–H groups in total. The first kappa shape index (κ1) is 6.09. The van der Waals surface area contributed by atoms with Crippen LogP contribution in [-0.4, -0.2) is 12.7 Å². The van der Waals surface area contributed by atoms with Gasteiger partial charge >= 0.3 is 0 Å². The Balaban J connectivity index is 1.99. The number of hydrogen-bond acceptors (Lipinski definition) is 1. The number of ether oxygens (including phenoxy) is 1. The van der Waals surface area contributed by atoms with Crippen LogP contribution in [0.4, 0.5) is 0 Å². The molecule has 48 valence electrons. The summed E-state index contributed by atoms with van der Waals surface area (Å²) in [5, 5.41) is 0. The summed E-state index contributed by atoms with van der Waals surface area (Å²) in [7, 11) is 0. The second-order valence-corrected chi connectivity index (χ2v) is 2.40. The summed E-state index contributed by atoms with van der Waals surface area (Å²) in [6.45, 7) is 5.18. The number of hydrogen-bond donors (Lipinski definition) is 0. The van der Waals surface area contributed by atoms with E-state index in [1.807, 2.05) is 0 Å². The molecule has 0 aromatic heterocycles. The van der Waals surface area contributed by atoms with E-state index in [-0.39, 0.29) is 0 Å². The normalized spacial score (nSPS) is 35.2. The lowest BCUT2D eigenvalue weighted by atomic mass is 10.3. The lowest BCUT2D eigenvalue weighted by molar-refractivity contribution is 0.121. The van der Waals surface area contributed by atoms with E-state index in [0.29, 0.717) is 6.10 Å². The Bertz CT molecular complexity index is 70.8. The van der Waals surface area contributed by atoms with Gasteiger partial charge in [-0.15, -0.1) is 0 Å². The molecule has 8 heavy (non-hydrogen) atoms. The zero-order valence-electron chi connectivity index (χ0n) is 5.68. The maximum absolute atomic E-state index is 5.36. The molecule has 1 nitrogen and oxygen atoms in total. The molecule has 2 atom stereocenters. The minimum atomic E-state index is 0.630. The molecule has 0 spiro atoms. The maximum Gasteiger partial charge on any atom is 0.0607 e. The molecule has 1 saturated carbocycles. The van der Waals surface area contributed by atoms with Gasteiger partial charge in [-0.3, -0.25) is 0 Å². The molecular formula is C7H14O. The third-order valence-corrected chi connectivity index (χ3v) is 1.76. The largest absolute Gasteiger partial charge is 0.378 e. The monoisotopic (exact) mass is 114 g/mol. The predicted octanol–water partition coefficient (Wildman–Crippen LogP) is 1.82. The highest BCUT2D eigenvalue weighted by molar-refractivity contribution is 4.85. The molecule has 0 radical (unpaired) electrons. The van der Waals surface area contributed by atoms with E-state index >= 15 is 0 Å². The SMILES string of the molecule is CCOC1CC1CC. The summed E-state index contributed by atoms with van der Waals surface area (Å²) < 4.78 is 5.36. The molecule has 0 bridgehead atoms. The van der Waals surface area contributed by atoms with E-state index in [1.54, 1.807) is 0 Å². The Morgan fingerprint density at radius 2 is 2.25 bits per heavy atom. The summed E-state index contributed by atoms with van der Waals surface area (Å²) in [5.74, 6) is 0.898. The van der Waals surface area contributed by atoms with Crippen LogP contribution in [0.25, 0.3) is 0 Å². The van der Waals surface area contributed by atoms with Crippen LogP contribution in [0.3, 0.4) is 0 Å². The average molecular weight is 114 g/mol. The van der Waals surface area contributed by atoms with Gasteiger partial charge in [0.1, 0.15) is 0 Å². The smallest absolute Gasteiger partial charge is 0.0607 e. The zero-order chi connectivity index (χ0) is 5.98. The van der Waals surface area contributed by atoms with Crippen LogP contribution in [-0.2, 0) is 4.74 Å². The Morgan fingerprint density at radius 3 is 2.62 bits per heavy atom. The van der Waals surface area contributed by atoms with Crippen molar-refractivity contribution < 1.29 is 4.74 Å². The molecule has 0 amide bonds. The topological polar surface area (TPSA) is 9.23 Å². The molecule has 0 saturated heterocycles. The minimum absolute atomic E-state index is 0.630. The first-order valence-electron chi connectivity index (χ1n) is 3.50. The first-order valence-corrected chi connectivity index (χ1v) is 3.50. The van der Waals surface area contributed by atoms with E-state index < -0.39 is 0 Å². The molecule has 1 fully saturated rings. The van der Waals surface area contributed by atoms with Gasteiger partial charge in [0, 0.05) is 6.61 Å². The lowest BCUT2D eigenvalue weighted by Gasteiger charge is -1.94. The average Bonchev–Trinajstić information content (AvgIpc) is 2.48. The fourth-order valence-corrected chi connectivity index (χ4v) is 1.07. The van der Waals surface area contributed by atoms with Crippen LogP contribution >= 0.6 is 0 Å². The Hall–Kier alpha value is -0.0400. The molecular weight excluding hydrogens is 100 g/mol. The van der Waals surface area contributed by atoms with Crippen molar-refractivity contribution in [2.45, 2.75) is 32.8 Å². The van der Waals surface area contributed by atoms with Crippen LogP contribution in [0.2, 0.25) is 0 Å². The fraction of sp³-hybridized carbons (Fsp3) is 1.00. The molecule has 1 aliphatic carbocycles. The van der Waals surface area contributed by atoms with Crippen molar-refractivity contribution in [1.82, 2.24) is 0 Å². The second kappa shape index (κ2) is 2.49. The lowest BCUT2D eigenvalue weighted by Crippen LogP contribution is -1.94. The van der Waals surface area contributed by atoms with Crippen molar-refractivity contribution >= 4 is 0 Å². The van der Waals surface area contributed by atoms with Gasteiger partial charge in [0.25, 0.3) is 0 Å². The highest BCUT2D eigenvalue weighted by Crippen LogP contribution is 2.35. The van der Waals surface area contributed by atoms with Crippen LogP contribution in [0.5, 0.6) is 0 Å². The Morgan fingerprint density at radius 1 is 1.50 bits per heavy atom. The highest BCUT2D eigenvalue weighted by atomic mass is 16.5. The Kier molecular flexibility index (Phi) is 1.90. The molecule has 1 rings (SSSR count). The van der Waals surface area contributed by atoms with E-state index in [4.69, 9.17) is 4.74 Å². The molecule has 2 unspecified atom stereocenters.